The van der Waals surface area contributed by atoms with Gasteiger partial charge in [0.05, 0.1) is 5.69 Å². The topological polar surface area (TPSA) is 98.1 Å². The fourth-order valence-corrected chi connectivity index (χ4v) is 1.40. The quantitative estimate of drug-likeness (QED) is 0.692. The molecule has 0 aliphatic rings. The highest BCUT2D eigenvalue weighted by molar-refractivity contribution is 5.59. The molecule has 16 heavy (non-hydrogen) atoms. The van der Waals surface area contributed by atoms with Gasteiger partial charge in [0, 0.05) is 18.2 Å². The molecule has 2 rings (SSSR count). The Bertz CT molecular complexity index is 513. The Balaban J connectivity index is 2.51. The lowest BCUT2D eigenvalue weighted by molar-refractivity contribution is 0.475. The third-order valence-corrected chi connectivity index (χ3v) is 2.11. The van der Waals surface area contributed by atoms with Crippen LogP contribution in [0.5, 0.6) is 5.75 Å². The zero-order valence-electron chi connectivity index (χ0n) is 8.59. The maximum absolute atomic E-state index is 9.36. The van der Waals surface area contributed by atoms with Crippen molar-refractivity contribution in [2.45, 2.75) is 6.54 Å². The molecule has 0 aliphatic carbocycles. The van der Waals surface area contributed by atoms with Crippen LogP contribution in [0.15, 0.2) is 30.3 Å². The molecule has 2 aromatic rings. The first-order chi connectivity index (χ1) is 7.69. The van der Waals surface area contributed by atoms with E-state index in [1.54, 1.807) is 30.3 Å². The second-order valence-corrected chi connectivity index (χ2v) is 3.36. The molecular formula is C11H12N4O. The Hall–Kier alpha value is -2.14. The van der Waals surface area contributed by atoms with Crippen LogP contribution < -0.4 is 11.5 Å². The van der Waals surface area contributed by atoms with E-state index in [1.165, 1.54) is 0 Å². The summed E-state index contributed by atoms with van der Waals surface area (Å²) in [5.41, 5.74) is 12.5. The number of anilines is 1. The molecule has 0 atom stereocenters. The molecule has 5 N–H and O–H groups in total. The monoisotopic (exact) mass is 216 g/mol. The van der Waals surface area contributed by atoms with Gasteiger partial charge in [0.2, 0.25) is 0 Å². The lowest BCUT2D eigenvalue weighted by atomic mass is 10.2. The van der Waals surface area contributed by atoms with Gasteiger partial charge in [0.1, 0.15) is 11.6 Å². The van der Waals surface area contributed by atoms with E-state index in [0.717, 1.165) is 0 Å². The number of nitrogens with two attached hydrogens (primary N) is 2. The molecule has 0 spiro atoms. The largest absolute Gasteiger partial charge is 0.508 e. The van der Waals surface area contributed by atoms with Gasteiger partial charge >= 0.3 is 0 Å². The maximum atomic E-state index is 9.36. The lowest BCUT2D eigenvalue weighted by Crippen LogP contribution is -2.04. The van der Waals surface area contributed by atoms with Crippen molar-refractivity contribution < 1.29 is 5.11 Å². The summed E-state index contributed by atoms with van der Waals surface area (Å²) in [6, 6.07) is 8.31. The molecule has 82 valence electrons. The summed E-state index contributed by atoms with van der Waals surface area (Å²) in [7, 11) is 0. The third kappa shape index (κ3) is 2.09. The normalized spacial score (nSPS) is 10.3. The summed E-state index contributed by atoms with van der Waals surface area (Å²) >= 11 is 0. The molecule has 0 saturated carbocycles. The van der Waals surface area contributed by atoms with Gasteiger partial charge < -0.3 is 16.6 Å². The number of aromatic hydroxyl groups is 1. The summed E-state index contributed by atoms with van der Waals surface area (Å²) in [6.07, 6.45) is 0. The van der Waals surface area contributed by atoms with E-state index in [9.17, 15) is 5.11 Å². The Morgan fingerprint density at radius 3 is 2.69 bits per heavy atom. The van der Waals surface area contributed by atoms with Crippen LogP contribution in [0.4, 0.5) is 5.82 Å². The van der Waals surface area contributed by atoms with Crippen molar-refractivity contribution in [3.63, 3.8) is 0 Å². The molecule has 1 heterocycles. The SMILES string of the molecule is NCc1cc(N)nc(-c2cccc(O)c2)n1. The first-order valence-corrected chi connectivity index (χ1v) is 4.82. The summed E-state index contributed by atoms with van der Waals surface area (Å²) in [5.74, 6) is 1.00. The highest BCUT2D eigenvalue weighted by atomic mass is 16.3. The molecule has 1 aromatic heterocycles. The molecule has 0 fully saturated rings. The highest BCUT2D eigenvalue weighted by Gasteiger charge is 2.05. The van der Waals surface area contributed by atoms with Crippen LogP contribution in [-0.2, 0) is 6.54 Å². The van der Waals surface area contributed by atoms with Gasteiger partial charge in [0.25, 0.3) is 0 Å². The second-order valence-electron chi connectivity index (χ2n) is 3.36. The van der Waals surface area contributed by atoms with Gasteiger partial charge in [-0.05, 0) is 12.1 Å². The Morgan fingerprint density at radius 2 is 2.00 bits per heavy atom. The van der Waals surface area contributed by atoms with Crippen LogP contribution in [0, 0.1) is 0 Å². The zero-order valence-corrected chi connectivity index (χ0v) is 8.59. The molecule has 0 amide bonds. The summed E-state index contributed by atoms with van der Waals surface area (Å²) in [4.78, 5) is 8.33. The van der Waals surface area contributed by atoms with Gasteiger partial charge in [-0.1, -0.05) is 12.1 Å². The fourth-order valence-electron chi connectivity index (χ4n) is 1.40. The summed E-state index contributed by atoms with van der Waals surface area (Å²) < 4.78 is 0. The van der Waals surface area contributed by atoms with E-state index in [4.69, 9.17) is 11.5 Å². The van der Waals surface area contributed by atoms with Crippen LogP contribution in [0.2, 0.25) is 0 Å². The zero-order chi connectivity index (χ0) is 11.5. The Kier molecular flexibility index (Phi) is 2.70. The highest BCUT2D eigenvalue weighted by Crippen LogP contribution is 2.20. The molecule has 1 aromatic carbocycles. The third-order valence-electron chi connectivity index (χ3n) is 2.11. The van der Waals surface area contributed by atoms with E-state index in [1.807, 2.05) is 0 Å². The predicted octanol–water partition coefficient (Wildman–Crippen LogP) is 0.890. The van der Waals surface area contributed by atoms with E-state index in [-0.39, 0.29) is 5.75 Å². The van der Waals surface area contributed by atoms with Crippen molar-refractivity contribution in [2.75, 3.05) is 5.73 Å². The van der Waals surface area contributed by atoms with Crippen molar-refractivity contribution in [1.29, 1.82) is 0 Å². The molecule has 0 bridgehead atoms. The Labute approximate surface area is 92.8 Å². The first-order valence-electron chi connectivity index (χ1n) is 4.82. The van der Waals surface area contributed by atoms with Gasteiger partial charge in [-0.25, -0.2) is 9.97 Å². The summed E-state index contributed by atoms with van der Waals surface area (Å²) in [6.45, 7) is 0.304. The number of hydrogen-bond acceptors (Lipinski definition) is 5. The van der Waals surface area contributed by atoms with Crippen molar-refractivity contribution in [3.8, 4) is 17.1 Å². The molecule has 0 radical (unpaired) electrons. The van der Waals surface area contributed by atoms with Crippen molar-refractivity contribution >= 4 is 5.82 Å². The lowest BCUT2D eigenvalue weighted by Gasteiger charge is -2.04. The number of nitrogen functional groups attached to an aromatic ring is 1. The maximum Gasteiger partial charge on any atom is 0.161 e. The minimum Gasteiger partial charge on any atom is -0.508 e. The minimum absolute atomic E-state index is 0.165. The predicted molar refractivity (Wildman–Crippen MR) is 61.4 cm³/mol. The number of aromatic nitrogens is 2. The number of benzene rings is 1. The molecule has 0 aliphatic heterocycles. The first kappa shape index (κ1) is 10.4. The van der Waals surface area contributed by atoms with E-state index in [0.29, 0.717) is 29.4 Å². The van der Waals surface area contributed by atoms with Crippen molar-refractivity contribution in [1.82, 2.24) is 9.97 Å². The molecule has 5 heteroatoms. The van der Waals surface area contributed by atoms with Gasteiger partial charge in [-0.15, -0.1) is 0 Å². The van der Waals surface area contributed by atoms with Crippen LogP contribution in [0.3, 0.4) is 0 Å². The Morgan fingerprint density at radius 1 is 1.19 bits per heavy atom. The van der Waals surface area contributed by atoms with Crippen LogP contribution >= 0.6 is 0 Å². The van der Waals surface area contributed by atoms with Gasteiger partial charge in [-0.3, -0.25) is 0 Å². The average Bonchev–Trinajstić information content (AvgIpc) is 2.28. The average molecular weight is 216 g/mol. The van der Waals surface area contributed by atoms with E-state index < -0.39 is 0 Å². The molecule has 5 nitrogen and oxygen atoms in total. The number of nitrogens with zero attached hydrogens (tertiary/aromatic N) is 2. The number of phenols is 1. The van der Waals surface area contributed by atoms with Gasteiger partial charge in [-0.2, -0.15) is 0 Å². The summed E-state index contributed by atoms with van der Waals surface area (Å²) in [5, 5.41) is 9.36. The van der Waals surface area contributed by atoms with Crippen LogP contribution in [-0.4, -0.2) is 15.1 Å². The minimum atomic E-state index is 0.165. The molecular weight excluding hydrogens is 204 g/mol. The molecule has 0 saturated heterocycles. The molecule has 0 unspecified atom stereocenters. The standard InChI is InChI=1S/C11H12N4O/c12-6-8-5-10(13)15-11(14-8)7-2-1-3-9(16)4-7/h1-5,16H,6,12H2,(H2,13,14,15). The second kappa shape index (κ2) is 4.16. The van der Waals surface area contributed by atoms with Crippen molar-refractivity contribution in [3.05, 3.63) is 36.0 Å². The van der Waals surface area contributed by atoms with Crippen LogP contribution in [0.25, 0.3) is 11.4 Å². The van der Waals surface area contributed by atoms with E-state index in [2.05, 4.69) is 9.97 Å². The number of phenolic OH excluding ortho intramolecular Hbond substituents is 1. The van der Waals surface area contributed by atoms with Crippen molar-refractivity contribution in [2.24, 2.45) is 5.73 Å². The smallest absolute Gasteiger partial charge is 0.161 e. The van der Waals surface area contributed by atoms with Crippen LogP contribution in [0.1, 0.15) is 5.69 Å². The fraction of sp³-hybridized carbons (Fsp3) is 0.0909. The van der Waals surface area contributed by atoms with Gasteiger partial charge in [0.15, 0.2) is 5.82 Å². The number of hydrogen-bond donors (Lipinski definition) is 3. The number of rotatable bonds is 2. The van der Waals surface area contributed by atoms with E-state index >= 15 is 0 Å².